The van der Waals surface area contributed by atoms with Gasteiger partial charge in [-0.2, -0.15) is 0 Å². The minimum absolute atomic E-state index is 0.0548. The standard InChI is InChI=1S/C15H22ClN5O4/c1-5-10-18-12(16)11(21(23)24)13(19-10)20-7-6-17-8-9(20)14(22)25-15(2,3)4/h9,17H,5-8H2,1-4H3. The lowest BCUT2D eigenvalue weighted by atomic mass is 10.1. The number of carbonyl (C=O) groups is 1. The van der Waals surface area contributed by atoms with E-state index in [-0.39, 0.29) is 11.0 Å². The van der Waals surface area contributed by atoms with Crippen LogP contribution in [0.5, 0.6) is 0 Å². The second-order valence-corrected chi connectivity index (χ2v) is 7.02. The lowest BCUT2D eigenvalue weighted by molar-refractivity contribution is -0.384. The average molecular weight is 372 g/mol. The van der Waals surface area contributed by atoms with Crippen LogP contribution in [0.2, 0.25) is 5.15 Å². The Kier molecular flexibility index (Phi) is 5.79. The predicted octanol–water partition coefficient (Wildman–Crippen LogP) is 1.72. The summed E-state index contributed by atoms with van der Waals surface area (Å²) in [5.74, 6) is -0.0342. The first-order valence-corrected chi connectivity index (χ1v) is 8.43. The van der Waals surface area contributed by atoms with Crippen LogP contribution in [0.15, 0.2) is 0 Å². The summed E-state index contributed by atoms with van der Waals surface area (Å²) < 4.78 is 5.45. The molecule has 1 fully saturated rings. The highest BCUT2D eigenvalue weighted by molar-refractivity contribution is 6.32. The number of carbonyl (C=O) groups excluding carboxylic acids is 1. The fourth-order valence-corrected chi connectivity index (χ4v) is 2.76. The first kappa shape index (κ1) is 19.3. The monoisotopic (exact) mass is 371 g/mol. The Bertz CT molecular complexity index is 677. The number of hydrogen-bond acceptors (Lipinski definition) is 8. The Labute approximate surface area is 150 Å². The van der Waals surface area contributed by atoms with Gasteiger partial charge in [-0.15, -0.1) is 0 Å². The van der Waals surface area contributed by atoms with Gasteiger partial charge in [-0.05, 0) is 20.8 Å². The summed E-state index contributed by atoms with van der Waals surface area (Å²) in [6.45, 7) is 8.35. The van der Waals surface area contributed by atoms with Gasteiger partial charge in [-0.1, -0.05) is 18.5 Å². The Morgan fingerprint density at radius 1 is 1.48 bits per heavy atom. The van der Waals surface area contributed by atoms with Gasteiger partial charge in [-0.3, -0.25) is 10.1 Å². The largest absolute Gasteiger partial charge is 0.458 e. The zero-order valence-corrected chi connectivity index (χ0v) is 15.5. The average Bonchev–Trinajstić information content (AvgIpc) is 2.52. The molecule has 25 heavy (non-hydrogen) atoms. The minimum atomic E-state index is -0.734. The smallest absolute Gasteiger partial charge is 0.348 e. The third-order valence-corrected chi connectivity index (χ3v) is 3.83. The van der Waals surface area contributed by atoms with E-state index in [1.54, 1.807) is 25.7 Å². The Morgan fingerprint density at radius 3 is 2.72 bits per heavy atom. The fraction of sp³-hybridized carbons (Fsp3) is 0.667. The van der Waals surface area contributed by atoms with Crippen LogP contribution in [0.4, 0.5) is 11.5 Å². The van der Waals surface area contributed by atoms with E-state index in [9.17, 15) is 14.9 Å². The number of rotatable bonds is 4. The van der Waals surface area contributed by atoms with E-state index in [1.165, 1.54) is 0 Å². The van der Waals surface area contributed by atoms with Gasteiger partial charge in [0.25, 0.3) is 0 Å². The van der Waals surface area contributed by atoms with Crippen molar-refractivity contribution in [2.45, 2.75) is 45.8 Å². The van der Waals surface area contributed by atoms with Crippen LogP contribution in [0.3, 0.4) is 0 Å². The molecular formula is C15H22ClN5O4. The van der Waals surface area contributed by atoms with Gasteiger partial charge in [0.15, 0.2) is 0 Å². The Morgan fingerprint density at radius 2 is 2.16 bits per heavy atom. The number of nitro groups is 1. The van der Waals surface area contributed by atoms with Crippen molar-refractivity contribution in [2.75, 3.05) is 24.5 Å². The molecule has 1 aromatic rings. The van der Waals surface area contributed by atoms with E-state index < -0.39 is 28.2 Å². The number of aromatic nitrogens is 2. The van der Waals surface area contributed by atoms with E-state index in [0.29, 0.717) is 31.9 Å². The van der Waals surface area contributed by atoms with Crippen LogP contribution in [-0.2, 0) is 16.0 Å². The SMILES string of the molecule is CCc1nc(Cl)c([N+](=O)[O-])c(N2CCNCC2C(=O)OC(C)(C)C)n1. The molecule has 2 rings (SSSR count). The molecule has 0 aliphatic carbocycles. The van der Waals surface area contributed by atoms with Gasteiger partial charge in [0.1, 0.15) is 17.5 Å². The van der Waals surface area contributed by atoms with Gasteiger partial charge in [0, 0.05) is 26.1 Å². The van der Waals surface area contributed by atoms with Crippen LogP contribution in [0.1, 0.15) is 33.5 Å². The quantitative estimate of drug-likeness (QED) is 0.368. The highest BCUT2D eigenvalue weighted by Gasteiger charge is 2.38. The number of nitrogens with one attached hydrogen (secondary N) is 1. The van der Waals surface area contributed by atoms with Crippen LogP contribution >= 0.6 is 11.6 Å². The maximum atomic E-state index is 12.6. The molecule has 0 amide bonds. The molecular weight excluding hydrogens is 350 g/mol. The summed E-state index contributed by atoms with van der Waals surface area (Å²) in [5.41, 5.74) is -1.06. The second kappa shape index (κ2) is 7.49. The van der Waals surface area contributed by atoms with Crippen molar-refractivity contribution in [2.24, 2.45) is 0 Å². The summed E-state index contributed by atoms with van der Waals surface area (Å²) >= 11 is 6.01. The van der Waals surface area contributed by atoms with E-state index in [0.717, 1.165) is 0 Å². The maximum absolute atomic E-state index is 12.6. The minimum Gasteiger partial charge on any atom is -0.458 e. The molecule has 0 saturated carbocycles. The fourth-order valence-electron chi connectivity index (χ4n) is 2.51. The van der Waals surface area contributed by atoms with Crippen LogP contribution < -0.4 is 10.2 Å². The highest BCUT2D eigenvalue weighted by atomic mass is 35.5. The first-order chi connectivity index (χ1) is 11.6. The predicted molar refractivity (Wildman–Crippen MR) is 92.9 cm³/mol. The number of esters is 1. The molecule has 1 atom stereocenters. The number of aryl methyl sites for hydroxylation is 1. The molecule has 2 heterocycles. The van der Waals surface area contributed by atoms with Crippen molar-refractivity contribution in [3.63, 3.8) is 0 Å². The summed E-state index contributed by atoms with van der Waals surface area (Å²) in [6, 6.07) is -0.734. The molecule has 138 valence electrons. The van der Waals surface area contributed by atoms with Crippen LogP contribution in [0, 0.1) is 10.1 Å². The van der Waals surface area contributed by atoms with E-state index in [1.807, 2.05) is 6.92 Å². The molecule has 0 bridgehead atoms. The van der Waals surface area contributed by atoms with Gasteiger partial charge in [0.2, 0.25) is 11.0 Å². The number of anilines is 1. The number of hydrogen-bond donors (Lipinski definition) is 1. The van der Waals surface area contributed by atoms with E-state index in [2.05, 4.69) is 15.3 Å². The lowest BCUT2D eigenvalue weighted by Crippen LogP contribution is -2.57. The van der Waals surface area contributed by atoms with Gasteiger partial charge in [-0.25, -0.2) is 14.8 Å². The second-order valence-electron chi connectivity index (χ2n) is 6.66. The normalized spacial score (nSPS) is 18.1. The zero-order valence-electron chi connectivity index (χ0n) is 14.7. The molecule has 9 nitrogen and oxygen atoms in total. The highest BCUT2D eigenvalue weighted by Crippen LogP contribution is 2.34. The summed E-state index contributed by atoms with van der Waals surface area (Å²) in [5, 5.41) is 14.3. The molecule has 0 spiro atoms. The molecule has 1 aliphatic heterocycles. The number of halogens is 1. The lowest BCUT2D eigenvalue weighted by Gasteiger charge is -2.36. The third-order valence-electron chi connectivity index (χ3n) is 3.56. The molecule has 1 aliphatic rings. The molecule has 1 saturated heterocycles. The topological polar surface area (TPSA) is 110 Å². The molecule has 10 heteroatoms. The summed E-state index contributed by atoms with van der Waals surface area (Å²) in [6.07, 6.45) is 0.466. The molecule has 1 aromatic heterocycles. The molecule has 1 unspecified atom stereocenters. The first-order valence-electron chi connectivity index (χ1n) is 8.05. The Hall–Kier alpha value is -2.00. The van der Waals surface area contributed by atoms with Crippen LogP contribution in [-0.4, -0.2) is 52.1 Å². The van der Waals surface area contributed by atoms with E-state index >= 15 is 0 Å². The zero-order chi connectivity index (χ0) is 18.8. The van der Waals surface area contributed by atoms with Crippen molar-refractivity contribution in [1.29, 1.82) is 0 Å². The summed E-state index contributed by atoms with van der Waals surface area (Å²) in [7, 11) is 0. The van der Waals surface area contributed by atoms with Crippen molar-refractivity contribution < 1.29 is 14.5 Å². The molecule has 0 radical (unpaired) electrons. The van der Waals surface area contributed by atoms with Crippen molar-refractivity contribution >= 4 is 29.1 Å². The number of piperazine rings is 1. The number of nitrogens with zero attached hydrogens (tertiary/aromatic N) is 4. The maximum Gasteiger partial charge on any atom is 0.348 e. The van der Waals surface area contributed by atoms with Crippen molar-refractivity contribution in [3.05, 3.63) is 21.1 Å². The molecule has 1 N–H and O–H groups in total. The number of ether oxygens (including phenoxy) is 1. The van der Waals surface area contributed by atoms with Crippen molar-refractivity contribution in [1.82, 2.24) is 15.3 Å². The van der Waals surface area contributed by atoms with Crippen molar-refractivity contribution in [3.8, 4) is 0 Å². The molecule has 0 aromatic carbocycles. The Balaban J connectivity index is 2.47. The van der Waals surface area contributed by atoms with Gasteiger partial charge < -0.3 is 15.0 Å². The van der Waals surface area contributed by atoms with Crippen LogP contribution in [0.25, 0.3) is 0 Å². The van der Waals surface area contributed by atoms with Gasteiger partial charge >= 0.3 is 11.7 Å². The summed E-state index contributed by atoms with van der Waals surface area (Å²) in [4.78, 5) is 33.2. The van der Waals surface area contributed by atoms with E-state index in [4.69, 9.17) is 16.3 Å². The van der Waals surface area contributed by atoms with Gasteiger partial charge in [0.05, 0.1) is 4.92 Å². The third kappa shape index (κ3) is 4.55.